The van der Waals surface area contributed by atoms with Gasteiger partial charge in [-0.2, -0.15) is 0 Å². The predicted molar refractivity (Wildman–Crippen MR) is 85.9 cm³/mol. The lowest BCUT2D eigenvalue weighted by Crippen LogP contribution is -2.19. The number of urea groups is 1. The van der Waals surface area contributed by atoms with Crippen molar-refractivity contribution in [2.45, 2.75) is 6.42 Å². The van der Waals surface area contributed by atoms with Crippen molar-refractivity contribution in [1.82, 2.24) is 0 Å². The molecule has 0 aliphatic rings. The third kappa shape index (κ3) is 4.92. The number of nitrogens with one attached hydrogen (secondary N) is 3. The van der Waals surface area contributed by atoms with Crippen molar-refractivity contribution in [2.24, 2.45) is 0 Å². The maximum Gasteiger partial charge on any atom is 0.323 e. The molecule has 0 bridgehead atoms. The molecule has 0 saturated heterocycles. The summed E-state index contributed by atoms with van der Waals surface area (Å²) in [5, 5.41) is 16.7. The van der Waals surface area contributed by atoms with E-state index in [-0.39, 0.29) is 25.0 Å². The maximum atomic E-state index is 11.8. The van der Waals surface area contributed by atoms with Crippen LogP contribution in [0, 0.1) is 0 Å². The molecule has 2 aromatic carbocycles. The van der Waals surface area contributed by atoms with Crippen LogP contribution in [0.4, 0.5) is 21.9 Å². The third-order valence-electron chi connectivity index (χ3n) is 2.80. The summed E-state index contributed by atoms with van der Waals surface area (Å²) in [6, 6.07) is 15.5. The number of rotatable bonds is 5. The second-order valence-electron chi connectivity index (χ2n) is 4.54. The Hall–Kier alpha value is -2.86. The van der Waals surface area contributed by atoms with Crippen LogP contribution in [0.1, 0.15) is 6.42 Å². The molecule has 0 radical (unpaired) electrons. The van der Waals surface area contributed by atoms with Crippen molar-refractivity contribution in [2.75, 3.05) is 22.6 Å². The number of carbonyl (C=O) groups is 2. The lowest BCUT2D eigenvalue weighted by molar-refractivity contribution is -0.116. The van der Waals surface area contributed by atoms with Crippen molar-refractivity contribution < 1.29 is 14.7 Å². The van der Waals surface area contributed by atoms with E-state index in [4.69, 9.17) is 5.11 Å². The topological polar surface area (TPSA) is 90.5 Å². The van der Waals surface area contributed by atoms with Gasteiger partial charge in [-0.05, 0) is 36.4 Å². The van der Waals surface area contributed by atoms with E-state index >= 15 is 0 Å². The Morgan fingerprint density at radius 1 is 0.773 bits per heavy atom. The van der Waals surface area contributed by atoms with Crippen LogP contribution in [-0.2, 0) is 4.79 Å². The molecule has 0 atom stereocenters. The molecule has 0 aromatic heterocycles. The van der Waals surface area contributed by atoms with E-state index in [0.29, 0.717) is 17.1 Å². The summed E-state index contributed by atoms with van der Waals surface area (Å²) < 4.78 is 0. The molecule has 114 valence electrons. The monoisotopic (exact) mass is 299 g/mol. The minimum atomic E-state index is -0.344. The molecule has 3 amide bonds. The molecule has 2 rings (SSSR count). The molecule has 0 aliphatic heterocycles. The summed E-state index contributed by atoms with van der Waals surface area (Å²) in [7, 11) is 0. The molecule has 0 heterocycles. The van der Waals surface area contributed by atoms with Gasteiger partial charge in [-0.25, -0.2) is 4.79 Å². The summed E-state index contributed by atoms with van der Waals surface area (Å²) in [5.41, 5.74) is 1.91. The fraction of sp³-hybridized carbons (Fsp3) is 0.125. The van der Waals surface area contributed by atoms with Crippen molar-refractivity contribution in [3.05, 3.63) is 54.6 Å². The number of amides is 3. The van der Waals surface area contributed by atoms with Crippen LogP contribution in [0.5, 0.6) is 0 Å². The second-order valence-corrected chi connectivity index (χ2v) is 4.54. The van der Waals surface area contributed by atoms with Gasteiger partial charge in [0.2, 0.25) is 5.91 Å². The molecule has 0 aliphatic carbocycles. The van der Waals surface area contributed by atoms with Crippen LogP contribution < -0.4 is 16.0 Å². The Bertz CT molecular complexity index is 627. The van der Waals surface area contributed by atoms with Gasteiger partial charge in [0.1, 0.15) is 0 Å². The van der Waals surface area contributed by atoms with Crippen LogP contribution in [0.3, 0.4) is 0 Å². The van der Waals surface area contributed by atoms with E-state index in [0.717, 1.165) is 0 Å². The number of anilines is 3. The highest BCUT2D eigenvalue weighted by molar-refractivity contribution is 6.00. The Morgan fingerprint density at radius 3 is 1.82 bits per heavy atom. The lowest BCUT2D eigenvalue weighted by Gasteiger charge is -2.09. The number of para-hydroxylation sites is 1. The van der Waals surface area contributed by atoms with Crippen LogP contribution >= 0.6 is 0 Å². The number of carbonyl (C=O) groups excluding carboxylic acids is 2. The van der Waals surface area contributed by atoms with Crippen molar-refractivity contribution in [3.8, 4) is 0 Å². The van der Waals surface area contributed by atoms with Crippen LogP contribution in [0.2, 0.25) is 0 Å². The molecule has 6 heteroatoms. The highest BCUT2D eigenvalue weighted by atomic mass is 16.3. The van der Waals surface area contributed by atoms with E-state index in [2.05, 4.69) is 16.0 Å². The van der Waals surface area contributed by atoms with Crippen LogP contribution in [0.15, 0.2) is 54.6 Å². The molecule has 2 aromatic rings. The zero-order valence-electron chi connectivity index (χ0n) is 11.9. The largest absolute Gasteiger partial charge is 0.396 e. The minimum absolute atomic E-state index is 0.0550. The quantitative estimate of drug-likeness (QED) is 0.684. The van der Waals surface area contributed by atoms with Crippen molar-refractivity contribution >= 4 is 29.0 Å². The van der Waals surface area contributed by atoms with Gasteiger partial charge in [0.05, 0.1) is 13.0 Å². The smallest absolute Gasteiger partial charge is 0.323 e. The fourth-order valence-corrected chi connectivity index (χ4v) is 1.78. The molecule has 22 heavy (non-hydrogen) atoms. The van der Waals surface area contributed by atoms with Gasteiger partial charge >= 0.3 is 6.03 Å². The number of hydrogen-bond acceptors (Lipinski definition) is 3. The number of aliphatic hydroxyl groups is 1. The highest BCUT2D eigenvalue weighted by Gasteiger charge is 2.04. The Labute approximate surface area is 128 Å². The van der Waals surface area contributed by atoms with Crippen molar-refractivity contribution in [3.63, 3.8) is 0 Å². The molecule has 0 spiro atoms. The van der Waals surface area contributed by atoms with E-state index in [1.54, 1.807) is 36.4 Å². The van der Waals surface area contributed by atoms with Gasteiger partial charge in [-0.15, -0.1) is 0 Å². The molecule has 0 fully saturated rings. The van der Waals surface area contributed by atoms with Gasteiger partial charge < -0.3 is 21.1 Å². The van der Waals surface area contributed by atoms with E-state index in [1.165, 1.54) is 0 Å². The first kappa shape index (κ1) is 15.5. The van der Waals surface area contributed by atoms with Crippen LogP contribution in [0.25, 0.3) is 0 Å². The Kier molecular flexibility index (Phi) is 5.50. The van der Waals surface area contributed by atoms with Gasteiger partial charge in [0.15, 0.2) is 0 Å². The van der Waals surface area contributed by atoms with Crippen molar-refractivity contribution in [1.29, 1.82) is 0 Å². The number of benzene rings is 2. The Balaban J connectivity index is 1.88. The highest BCUT2D eigenvalue weighted by Crippen LogP contribution is 2.14. The summed E-state index contributed by atoms with van der Waals surface area (Å²) >= 11 is 0. The SMILES string of the molecule is O=C(CCO)Nc1ccc(NC(=O)Nc2ccccc2)cc1. The van der Waals surface area contributed by atoms with Gasteiger partial charge in [0.25, 0.3) is 0 Å². The average molecular weight is 299 g/mol. The zero-order valence-corrected chi connectivity index (χ0v) is 11.9. The molecule has 0 unspecified atom stereocenters. The Morgan fingerprint density at radius 2 is 1.27 bits per heavy atom. The summed E-state index contributed by atoms with van der Waals surface area (Å²) in [6.07, 6.45) is 0.0550. The minimum Gasteiger partial charge on any atom is -0.396 e. The normalized spacial score (nSPS) is 9.86. The predicted octanol–water partition coefficient (Wildman–Crippen LogP) is 2.65. The first-order valence-corrected chi connectivity index (χ1v) is 6.81. The van der Waals surface area contributed by atoms with E-state index < -0.39 is 0 Å². The van der Waals surface area contributed by atoms with E-state index in [1.807, 2.05) is 18.2 Å². The molecular weight excluding hydrogens is 282 g/mol. The first-order chi connectivity index (χ1) is 10.7. The molecule has 4 N–H and O–H groups in total. The molecular formula is C16H17N3O3. The standard InChI is InChI=1S/C16H17N3O3/c20-11-10-15(21)17-13-6-8-14(9-7-13)19-16(22)18-12-4-2-1-3-5-12/h1-9,20H,10-11H2,(H,17,21)(H2,18,19,22). The van der Waals surface area contributed by atoms with E-state index in [9.17, 15) is 9.59 Å². The summed E-state index contributed by atoms with van der Waals surface area (Å²) in [5.74, 6) is -0.259. The fourth-order valence-electron chi connectivity index (χ4n) is 1.78. The number of hydrogen-bond donors (Lipinski definition) is 4. The second kappa shape index (κ2) is 7.80. The lowest BCUT2D eigenvalue weighted by atomic mass is 10.2. The first-order valence-electron chi connectivity index (χ1n) is 6.81. The zero-order chi connectivity index (χ0) is 15.8. The average Bonchev–Trinajstić information content (AvgIpc) is 2.50. The van der Waals surface area contributed by atoms with Gasteiger partial charge in [-0.3, -0.25) is 4.79 Å². The van der Waals surface area contributed by atoms with Gasteiger partial charge in [0, 0.05) is 17.1 Å². The molecule has 6 nitrogen and oxygen atoms in total. The summed E-state index contributed by atoms with van der Waals surface area (Å²) in [6.45, 7) is -0.189. The van der Waals surface area contributed by atoms with Crippen LogP contribution in [-0.4, -0.2) is 23.7 Å². The van der Waals surface area contributed by atoms with Gasteiger partial charge in [-0.1, -0.05) is 18.2 Å². The maximum absolute atomic E-state index is 11.8. The number of aliphatic hydroxyl groups excluding tert-OH is 1. The third-order valence-corrected chi connectivity index (χ3v) is 2.80. The molecule has 0 saturated carbocycles. The summed E-state index contributed by atoms with van der Waals surface area (Å²) in [4.78, 5) is 23.1.